The smallest absolute Gasteiger partial charge is 0.307 e. The maximum absolute atomic E-state index is 11.6. The Balaban J connectivity index is 2.47. The Hall–Kier alpha value is -0.570. The van der Waals surface area contributed by atoms with Gasteiger partial charge in [-0.15, -0.1) is 0 Å². The van der Waals surface area contributed by atoms with Gasteiger partial charge in [-0.3, -0.25) is 9.69 Å². The lowest BCUT2D eigenvalue weighted by Crippen LogP contribution is -2.38. The first kappa shape index (κ1) is 14.5. The molecule has 1 rings (SSSR count). The summed E-state index contributed by atoms with van der Waals surface area (Å²) in [6.45, 7) is 6.88. The molecule has 0 spiro atoms. The van der Waals surface area contributed by atoms with E-state index < -0.39 is 0 Å². The largest absolute Gasteiger partial charge is 0.466 e. The molecule has 0 aliphatic carbocycles. The molecule has 0 aromatic rings. The van der Waals surface area contributed by atoms with Crippen LogP contribution in [0.2, 0.25) is 0 Å². The molecule has 1 saturated heterocycles. The number of carbonyl (C=O) groups excluding carboxylic acids is 1. The van der Waals surface area contributed by atoms with Crippen molar-refractivity contribution in [2.75, 3.05) is 19.7 Å². The molecule has 0 bridgehead atoms. The summed E-state index contributed by atoms with van der Waals surface area (Å²) in [6.07, 6.45) is 8.07. The highest BCUT2D eigenvalue weighted by atomic mass is 16.5. The lowest BCUT2D eigenvalue weighted by atomic mass is 10.1. The average Bonchev–Trinajstić information content (AvgIpc) is 2.57. The van der Waals surface area contributed by atoms with Crippen molar-refractivity contribution in [3.05, 3.63) is 0 Å². The number of hydrogen-bond acceptors (Lipinski definition) is 3. The van der Waals surface area contributed by atoms with Crippen LogP contribution in [0.15, 0.2) is 0 Å². The Bertz CT molecular complexity index is 210. The molecule has 0 radical (unpaired) electrons. The second kappa shape index (κ2) is 8.51. The van der Waals surface area contributed by atoms with Crippen LogP contribution in [0.4, 0.5) is 0 Å². The Morgan fingerprint density at radius 2 is 1.82 bits per heavy atom. The molecule has 0 amide bonds. The summed E-state index contributed by atoms with van der Waals surface area (Å²) in [5.74, 6) is -0.0322. The Morgan fingerprint density at radius 3 is 2.35 bits per heavy atom. The maximum atomic E-state index is 11.6. The van der Waals surface area contributed by atoms with Crippen LogP contribution in [-0.4, -0.2) is 36.6 Å². The number of esters is 1. The van der Waals surface area contributed by atoms with Gasteiger partial charge in [-0.05, 0) is 39.3 Å². The van der Waals surface area contributed by atoms with Gasteiger partial charge >= 0.3 is 5.97 Å². The van der Waals surface area contributed by atoms with E-state index in [1.54, 1.807) is 0 Å². The highest BCUT2D eigenvalue weighted by Crippen LogP contribution is 2.18. The summed E-state index contributed by atoms with van der Waals surface area (Å²) in [5.41, 5.74) is 0. The minimum atomic E-state index is -0.0322. The zero-order valence-corrected chi connectivity index (χ0v) is 11.4. The first-order valence-corrected chi connectivity index (χ1v) is 7.17. The molecule has 0 N–H and O–H groups in total. The van der Waals surface area contributed by atoms with Gasteiger partial charge in [-0.2, -0.15) is 0 Å². The Kier molecular flexibility index (Phi) is 7.25. The predicted molar refractivity (Wildman–Crippen MR) is 70.0 cm³/mol. The summed E-state index contributed by atoms with van der Waals surface area (Å²) in [5, 5.41) is 0. The predicted octanol–water partition coefficient (Wildman–Crippen LogP) is 2.98. The molecular formula is C14H27NO2. The Morgan fingerprint density at radius 1 is 1.18 bits per heavy atom. The van der Waals surface area contributed by atoms with Gasteiger partial charge in [0.15, 0.2) is 0 Å². The molecule has 0 aromatic heterocycles. The number of nitrogens with zero attached hydrogens (tertiary/aromatic N) is 1. The maximum Gasteiger partial charge on any atom is 0.307 e. The average molecular weight is 241 g/mol. The third kappa shape index (κ3) is 5.53. The lowest BCUT2D eigenvalue weighted by Gasteiger charge is -2.29. The van der Waals surface area contributed by atoms with Gasteiger partial charge in [0.2, 0.25) is 0 Å². The molecule has 1 aliphatic heterocycles. The monoisotopic (exact) mass is 241 g/mol. The summed E-state index contributed by atoms with van der Waals surface area (Å²) in [7, 11) is 0. The molecule has 1 heterocycles. The van der Waals surface area contributed by atoms with Crippen molar-refractivity contribution >= 4 is 5.97 Å². The number of likely N-dealkylation sites (tertiary alicyclic amines) is 1. The second-order valence-electron chi connectivity index (χ2n) is 4.90. The van der Waals surface area contributed by atoms with Gasteiger partial charge in [0.05, 0.1) is 13.0 Å². The van der Waals surface area contributed by atoms with Crippen molar-refractivity contribution in [1.82, 2.24) is 4.90 Å². The fourth-order valence-corrected chi connectivity index (χ4v) is 2.62. The van der Waals surface area contributed by atoms with Crippen molar-refractivity contribution in [1.29, 1.82) is 0 Å². The van der Waals surface area contributed by atoms with Crippen LogP contribution < -0.4 is 0 Å². The van der Waals surface area contributed by atoms with Crippen LogP contribution in [0.1, 0.15) is 58.8 Å². The minimum absolute atomic E-state index is 0.0322. The van der Waals surface area contributed by atoms with Crippen molar-refractivity contribution in [3.63, 3.8) is 0 Å². The van der Waals surface area contributed by atoms with Crippen molar-refractivity contribution in [2.24, 2.45) is 0 Å². The van der Waals surface area contributed by atoms with Gasteiger partial charge in [0, 0.05) is 6.04 Å². The highest BCUT2D eigenvalue weighted by molar-refractivity contribution is 5.70. The number of rotatable bonds is 6. The second-order valence-corrected chi connectivity index (χ2v) is 4.90. The normalized spacial score (nSPS) is 19.6. The standard InChI is InChI=1S/C14H27NO2/c1-3-9-13(12-14(16)17-4-2)15-10-7-5-6-8-11-15/h13H,3-12H2,1-2H3. The number of ether oxygens (including phenoxy) is 1. The fourth-order valence-electron chi connectivity index (χ4n) is 2.62. The van der Waals surface area contributed by atoms with E-state index in [0.717, 1.165) is 25.9 Å². The quantitative estimate of drug-likeness (QED) is 0.670. The lowest BCUT2D eigenvalue weighted by molar-refractivity contribution is -0.144. The summed E-state index contributed by atoms with van der Waals surface area (Å²) >= 11 is 0. The third-order valence-corrected chi connectivity index (χ3v) is 3.49. The summed E-state index contributed by atoms with van der Waals surface area (Å²) in [4.78, 5) is 14.1. The topological polar surface area (TPSA) is 29.5 Å². The molecule has 0 saturated carbocycles. The van der Waals surface area contributed by atoms with Crippen LogP contribution in [-0.2, 0) is 9.53 Å². The van der Waals surface area contributed by atoms with Gasteiger partial charge in [-0.25, -0.2) is 0 Å². The first-order valence-electron chi connectivity index (χ1n) is 7.17. The molecule has 100 valence electrons. The summed E-state index contributed by atoms with van der Waals surface area (Å²) < 4.78 is 5.08. The van der Waals surface area contributed by atoms with Gasteiger partial charge in [0.25, 0.3) is 0 Å². The van der Waals surface area contributed by atoms with Crippen molar-refractivity contribution < 1.29 is 9.53 Å². The van der Waals surface area contributed by atoms with E-state index in [0.29, 0.717) is 19.1 Å². The van der Waals surface area contributed by atoms with Crippen molar-refractivity contribution in [3.8, 4) is 0 Å². The zero-order chi connectivity index (χ0) is 12.5. The molecule has 1 unspecified atom stereocenters. The third-order valence-electron chi connectivity index (χ3n) is 3.49. The zero-order valence-electron chi connectivity index (χ0n) is 11.4. The van der Waals surface area contributed by atoms with E-state index in [4.69, 9.17) is 4.74 Å². The van der Waals surface area contributed by atoms with E-state index >= 15 is 0 Å². The van der Waals surface area contributed by atoms with Crippen LogP contribution in [0.25, 0.3) is 0 Å². The Labute approximate surface area is 106 Å². The number of hydrogen-bond donors (Lipinski definition) is 0. The van der Waals surface area contributed by atoms with Gasteiger partial charge < -0.3 is 4.74 Å². The van der Waals surface area contributed by atoms with Crippen LogP contribution >= 0.6 is 0 Å². The fraction of sp³-hybridized carbons (Fsp3) is 0.929. The van der Waals surface area contributed by atoms with E-state index in [9.17, 15) is 4.79 Å². The van der Waals surface area contributed by atoms with Gasteiger partial charge in [-0.1, -0.05) is 26.2 Å². The molecule has 3 nitrogen and oxygen atoms in total. The summed E-state index contributed by atoms with van der Waals surface area (Å²) in [6, 6.07) is 0.400. The van der Waals surface area contributed by atoms with Crippen molar-refractivity contribution in [2.45, 2.75) is 64.8 Å². The molecule has 1 atom stereocenters. The van der Waals surface area contributed by atoms with Gasteiger partial charge in [0.1, 0.15) is 0 Å². The first-order chi connectivity index (χ1) is 8.27. The molecule has 17 heavy (non-hydrogen) atoms. The van der Waals surface area contributed by atoms with E-state index in [1.807, 2.05) is 6.92 Å². The van der Waals surface area contributed by atoms with Crippen LogP contribution in [0.5, 0.6) is 0 Å². The highest BCUT2D eigenvalue weighted by Gasteiger charge is 2.22. The molecule has 0 aromatic carbocycles. The molecule has 1 aliphatic rings. The van der Waals surface area contributed by atoms with E-state index in [-0.39, 0.29) is 5.97 Å². The van der Waals surface area contributed by atoms with E-state index in [1.165, 1.54) is 25.7 Å². The van der Waals surface area contributed by atoms with Crippen LogP contribution in [0, 0.1) is 0 Å². The SMILES string of the molecule is CCCC(CC(=O)OCC)N1CCCCCC1. The molecular weight excluding hydrogens is 214 g/mol. The minimum Gasteiger partial charge on any atom is -0.466 e. The molecule has 1 fully saturated rings. The molecule has 3 heteroatoms. The van der Waals surface area contributed by atoms with E-state index in [2.05, 4.69) is 11.8 Å². The van der Waals surface area contributed by atoms with Crippen LogP contribution in [0.3, 0.4) is 0 Å². The number of carbonyl (C=O) groups is 1.